The fourth-order valence-corrected chi connectivity index (χ4v) is 3.35. The molecule has 2 aliphatic heterocycles. The SMILES string of the molecule is Cc1cc(F)ccc1C(=O)N1CC2(CC(=O)N(CC3CC3)O2)C1. The number of hydrogen-bond acceptors (Lipinski definition) is 3. The molecule has 23 heavy (non-hydrogen) atoms. The standard InChI is InChI=1S/C17H19FN2O3/c1-11-6-13(18)4-5-14(11)16(22)19-9-17(10-19)7-15(21)20(23-17)8-12-2-3-12/h4-6,12H,2-3,7-10H2,1H3. The lowest BCUT2D eigenvalue weighted by atomic mass is 9.90. The molecule has 1 aromatic rings. The van der Waals surface area contributed by atoms with Crippen LogP contribution in [0.15, 0.2) is 18.2 Å². The third kappa shape index (κ3) is 2.61. The van der Waals surface area contributed by atoms with E-state index in [1.807, 2.05) is 0 Å². The van der Waals surface area contributed by atoms with Gasteiger partial charge < -0.3 is 4.90 Å². The highest BCUT2D eigenvalue weighted by atomic mass is 19.1. The van der Waals surface area contributed by atoms with Crippen molar-refractivity contribution in [2.75, 3.05) is 19.6 Å². The first-order valence-corrected chi connectivity index (χ1v) is 8.01. The average molecular weight is 318 g/mol. The monoisotopic (exact) mass is 318 g/mol. The van der Waals surface area contributed by atoms with E-state index in [2.05, 4.69) is 0 Å². The molecule has 2 heterocycles. The van der Waals surface area contributed by atoms with E-state index in [0.29, 0.717) is 43.1 Å². The summed E-state index contributed by atoms with van der Waals surface area (Å²) in [4.78, 5) is 32.0. The fraction of sp³-hybridized carbons (Fsp3) is 0.529. The summed E-state index contributed by atoms with van der Waals surface area (Å²) in [6.45, 7) is 3.22. The van der Waals surface area contributed by atoms with Crippen LogP contribution in [0, 0.1) is 18.7 Å². The minimum absolute atomic E-state index is 0.0157. The normalized spacial score (nSPS) is 22.6. The summed E-state index contributed by atoms with van der Waals surface area (Å²) in [6.07, 6.45) is 2.66. The topological polar surface area (TPSA) is 49.9 Å². The Morgan fingerprint density at radius 3 is 2.78 bits per heavy atom. The number of aryl methyl sites for hydroxylation is 1. The van der Waals surface area contributed by atoms with Crippen LogP contribution in [0.3, 0.4) is 0 Å². The maximum absolute atomic E-state index is 13.2. The molecule has 0 radical (unpaired) electrons. The average Bonchev–Trinajstić information content (AvgIpc) is 3.20. The Balaban J connectivity index is 1.41. The van der Waals surface area contributed by atoms with E-state index in [-0.39, 0.29) is 17.6 Å². The first-order valence-electron chi connectivity index (χ1n) is 8.01. The Morgan fingerprint density at radius 2 is 2.13 bits per heavy atom. The van der Waals surface area contributed by atoms with Gasteiger partial charge in [-0.05, 0) is 49.4 Å². The zero-order valence-electron chi connectivity index (χ0n) is 13.0. The molecule has 0 atom stereocenters. The zero-order chi connectivity index (χ0) is 16.2. The minimum Gasteiger partial charge on any atom is -0.332 e. The van der Waals surface area contributed by atoms with Crippen molar-refractivity contribution in [3.05, 3.63) is 35.1 Å². The van der Waals surface area contributed by atoms with Crippen molar-refractivity contribution < 1.29 is 18.8 Å². The van der Waals surface area contributed by atoms with E-state index in [1.54, 1.807) is 11.8 Å². The Hall–Kier alpha value is -1.95. The van der Waals surface area contributed by atoms with Crippen molar-refractivity contribution in [1.82, 2.24) is 9.96 Å². The van der Waals surface area contributed by atoms with Gasteiger partial charge in [-0.25, -0.2) is 9.45 Å². The summed E-state index contributed by atoms with van der Waals surface area (Å²) in [5, 5.41) is 1.49. The van der Waals surface area contributed by atoms with Gasteiger partial charge in [-0.2, -0.15) is 0 Å². The Bertz CT molecular complexity index is 680. The highest BCUT2D eigenvalue weighted by Gasteiger charge is 2.55. The van der Waals surface area contributed by atoms with E-state index < -0.39 is 5.60 Å². The molecule has 0 N–H and O–H groups in total. The summed E-state index contributed by atoms with van der Waals surface area (Å²) in [6, 6.07) is 4.16. The van der Waals surface area contributed by atoms with E-state index in [1.165, 1.54) is 23.3 Å². The third-order valence-corrected chi connectivity index (χ3v) is 4.84. The van der Waals surface area contributed by atoms with Crippen LogP contribution in [0.5, 0.6) is 0 Å². The van der Waals surface area contributed by atoms with Gasteiger partial charge >= 0.3 is 0 Å². The van der Waals surface area contributed by atoms with Gasteiger partial charge in [0.15, 0.2) is 0 Å². The first-order chi connectivity index (χ1) is 11.0. The van der Waals surface area contributed by atoms with Gasteiger partial charge in [0.25, 0.3) is 5.91 Å². The van der Waals surface area contributed by atoms with Gasteiger partial charge in [-0.3, -0.25) is 14.4 Å². The lowest BCUT2D eigenvalue weighted by molar-refractivity contribution is -0.230. The van der Waals surface area contributed by atoms with Crippen LogP contribution in [0.1, 0.15) is 35.2 Å². The number of rotatable bonds is 3. The molecule has 5 nitrogen and oxygen atoms in total. The van der Waals surface area contributed by atoms with E-state index in [4.69, 9.17) is 4.84 Å². The first kappa shape index (κ1) is 14.6. The molecular weight excluding hydrogens is 299 g/mol. The highest BCUT2D eigenvalue weighted by molar-refractivity contribution is 5.96. The number of benzene rings is 1. The lowest BCUT2D eigenvalue weighted by Gasteiger charge is -2.46. The van der Waals surface area contributed by atoms with Crippen LogP contribution >= 0.6 is 0 Å². The smallest absolute Gasteiger partial charge is 0.254 e. The third-order valence-electron chi connectivity index (χ3n) is 4.84. The molecule has 3 fully saturated rings. The number of hydroxylamine groups is 2. The number of halogens is 1. The van der Waals surface area contributed by atoms with Crippen LogP contribution in [0.4, 0.5) is 4.39 Å². The minimum atomic E-state index is -0.546. The lowest BCUT2D eigenvalue weighted by Crippen LogP contribution is -2.63. The van der Waals surface area contributed by atoms with Crippen molar-refractivity contribution in [3.63, 3.8) is 0 Å². The van der Waals surface area contributed by atoms with Gasteiger partial charge in [0.05, 0.1) is 26.1 Å². The molecule has 2 amide bonds. The van der Waals surface area contributed by atoms with Gasteiger partial charge in [-0.1, -0.05) is 0 Å². The Kier molecular flexibility index (Phi) is 3.20. The summed E-state index contributed by atoms with van der Waals surface area (Å²) in [7, 11) is 0. The molecule has 3 aliphatic rings. The highest BCUT2D eigenvalue weighted by Crippen LogP contribution is 2.39. The molecule has 4 rings (SSSR count). The number of nitrogens with zero attached hydrogens (tertiary/aromatic N) is 2. The molecular formula is C17H19FN2O3. The van der Waals surface area contributed by atoms with E-state index in [9.17, 15) is 14.0 Å². The molecule has 6 heteroatoms. The van der Waals surface area contributed by atoms with Gasteiger partial charge in [0.2, 0.25) is 5.91 Å². The largest absolute Gasteiger partial charge is 0.332 e. The number of amides is 2. The van der Waals surface area contributed by atoms with Crippen LogP contribution in [0.25, 0.3) is 0 Å². The molecule has 122 valence electrons. The van der Waals surface area contributed by atoms with Gasteiger partial charge in [-0.15, -0.1) is 0 Å². The predicted octanol–water partition coefficient (Wildman–Crippen LogP) is 1.90. The summed E-state index contributed by atoms with van der Waals surface area (Å²) in [5.74, 6) is 0.111. The molecule has 0 unspecified atom stereocenters. The molecule has 2 saturated heterocycles. The van der Waals surface area contributed by atoms with Gasteiger partial charge in [0, 0.05) is 5.56 Å². The van der Waals surface area contributed by atoms with Crippen molar-refractivity contribution in [3.8, 4) is 0 Å². The van der Waals surface area contributed by atoms with Crippen LogP contribution in [0.2, 0.25) is 0 Å². The summed E-state index contributed by atoms with van der Waals surface area (Å²) in [5.41, 5.74) is 0.574. The number of likely N-dealkylation sites (tertiary alicyclic amines) is 1. The molecule has 1 spiro atoms. The number of carbonyl (C=O) groups is 2. The van der Waals surface area contributed by atoms with E-state index in [0.717, 1.165) is 12.8 Å². The maximum atomic E-state index is 13.2. The van der Waals surface area contributed by atoms with Crippen molar-refractivity contribution >= 4 is 11.8 Å². The second kappa shape index (κ2) is 5.03. The molecule has 0 aromatic heterocycles. The van der Waals surface area contributed by atoms with Crippen LogP contribution < -0.4 is 0 Å². The quantitative estimate of drug-likeness (QED) is 0.855. The number of carbonyl (C=O) groups excluding carboxylic acids is 2. The van der Waals surface area contributed by atoms with E-state index >= 15 is 0 Å². The Labute approximate surface area is 134 Å². The molecule has 1 aliphatic carbocycles. The van der Waals surface area contributed by atoms with Crippen LogP contribution in [-0.2, 0) is 9.63 Å². The molecule has 1 saturated carbocycles. The van der Waals surface area contributed by atoms with Crippen LogP contribution in [-0.4, -0.2) is 47.0 Å². The zero-order valence-corrected chi connectivity index (χ0v) is 13.0. The van der Waals surface area contributed by atoms with Crippen molar-refractivity contribution in [1.29, 1.82) is 0 Å². The predicted molar refractivity (Wildman–Crippen MR) is 79.9 cm³/mol. The molecule has 0 bridgehead atoms. The number of hydrogen-bond donors (Lipinski definition) is 0. The Morgan fingerprint density at radius 1 is 1.39 bits per heavy atom. The maximum Gasteiger partial charge on any atom is 0.254 e. The summed E-state index contributed by atoms with van der Waals surface area (Å²) >= 11 is 0. The summed E-state index contributed by atoms with van der Waals surface area (Å²) < 4.78 is 13.2. The molecule has 1 aromatic carbocycles. The second-order valence-electron chi connectivity index (χ2n) is 6.97. The fourth-order valence-electron chi connectivity index (χ4n) is 3.35. The van der Waals surface area contributed by atoms with Crippen molar-refractivity contribution in [2.24, 2.45) is 5.92 Å². The van der Waals surface area contributed by atoms with Crippen molar-refractivity contribution in [2.45, 2.75) is 31.8 Å². The second-order valence-corrected chi connectivity index (χ2v) is 6.97. The van der Waals surface area contributed by atoms with Gasteiger partial charge in [0.1, 0.15) is 11.4 Å².